The summed E-state index contributed by atoms with van der Waals surface area (Å²) in [5.41, 5.74) is 1.65. The summed E-state index contributed by atoms with van der Waals surface area (Å²) in [6.07, 6.45) is 3.08. The second kappa shape index (κ2) is 4.09. The highest BCUT2D eigenvalue weighted by molar-refractivity contribution is 9.10. The zero-order valence-corrected chi connectivity index (χ0v) is 11.0. The molecule has 2 heterocycles. The van der Waals surface area contributed by atoms with Crippen LogP contribution < -0.4 is 0 Å². The Morgan fingerprint density at radius 1 is 1.24 bits per heavy atom. The van der Waals surface area contributed by atoms with Crippen molar-refractivity contribution in [1.82, 2.24) is 9.97 Å². The zero-order chi connectivity index (χ0) is 11.8. The van der Waals surface area contributed by atoms with Crippen molar-refractivity contribution in [2.75, 3.05) is 0 Å². The maximum atomic E-state index is 9.74. The zero-order valence-electron chi connectivity index (χ0n) is 8.59. The second-order valence-corrected chi connectivity index (χ2v) is 5.47. The summed E-state index contributed by atoms with van der Waals surface area (Å²) in [5, 5.41) is 10.5. The first-order valence-electron chi connectivity index (χ1n) is 4.93. The molecule has 0 aliphatic carbocycles. The lowest BCUT2D eigenvalue weighted by Gasteiger charge is -1.97. The highest BCUT2D eigenvalue weighted by atomic mass is 79.9. The normalized spacial score (nSPS) is 10.9. The summed E-state index contributed by atoms with van der Waals surface area (Å²) >= 11 is 4.98. The van der Waals surface area contributed by atoms with Gasteiger partial charge in [0.1, 0.15) is 10.8 Å². The third-order valence-electron chi connectivity index (χ3n) is 2.38. The summed E-state index contributed by atoms with van der Waals surface area (Å²) in [5.74, 6) is 0.158. The van der Waals surface area contributed by atoms with Crippen molar-refractivity contribution in [3.63, 3.8) is 0 Å². The number of thiazole rings is 1. The topological polar surface area (TPSA) is 46.0 Å². The van der Waals surface area contributed by atoms with E-state index in [0.29, 0.717) is 0 Å². The number of hydrogen-bond acceptors (Lipinski definition) is 4. The van der Waals surface area contributed by atoms with E-state index in [1.165, 1.54) is 6.20 Å². The first-order valence-corrected chi connectivity index (χ1v) is 6.54. The molecule has 0 amide bonds. The monoisotopic (exact) mass is 306 g/mol. The van der Waals surface area contributed by atoms with Gasteiger partial charge in [0.25, 0.3) is 0 Å². The van der Waals surface area contributed by atoms with Crippen LogP contribution in [0.2, 0.25) is 0 Å². The van der Waals surface area contributed by atoms with E-state index in [2.05, 4.69) is 25.9 Å². The molecule has 3 aromatic rings. The average molecular weight is 307 g/mol. The number of benzene rings is 1. The minimum absolute atomic E-state index is 0.158. The first-order chi connectivity index (χ1) is 8.24. The molecule has 0 bridgehead atoms. The molecule has 84 valence electrons. The van der Waals surface area contributed by atoms with Gasteiger partial charge in [-0.2, -0.15) is 0 Å². The summed E-state index contributed by atoms with van der Waals surface area (Å²) in [7, 11) is 0. The molecule has 2 aromatic heterocycles. The van der Waals surface area contributed by atoms with Crippen LogP contribution in [0, 0.1) is 0 Å². The molecular weight excluding hydrogens is 300 g/mol. The van der Waals surface area contributed by atoms with Crippen molar-refractivity contribution in [3.8, 4) is 16.3 Å². The van der Waals surface area contributed by atoms with E-state index >= 15 is 0 Å². The van der Waals surface area contributed by atoms with Crippen LogP contribution in [0.1, 0.15) is 0 Å². The molecule has 17 heavy (non-hydrogen) atoms. The number of aromatic nitrogens is 2. The molecule has 1 N–H and O–H groups in total. The van der Waals surface area contributed by atoms with Crippen LogP contribution in [0.15, 0.2) is 41.1 Å². The fourth-order valence-electron chi connectivity index (χ4n) is 1.58. The lowest BCUT2D eigenvalue weighted by molar-refractivity contribution is 0.474. The third kappa shape index (κ3) is 1.92. The standard InChI is InChI=1S/C12H7BrN2OS/c13-7-1-2-9-11(5-7)17-12(15-9)8-3-4-14-6-10(8)16/h1-6,16H. The average Bonchev–Trinajstić information content (AvgIpc) is 2.72. The Hall–Kier alpha value is -1.46. The molecule has 0 unspecified atom stereocenters. The molecule has 0 aliphatic heterocycles. The maximum Gasteiger partial charge on any atom is 0.144 e. The molecule has 0 saturated carbocycles. The number of aromatic hydroxyl groups is 1. The molecule has 0 saturated heterocycles. The van der Waals surface area contributed by atoms with E-state index in [1.807, 2.05) is 18.2 Å². The first kappa shape index (κ1) is 10.7. The predicted octanol–water partition coefficient (Wildman–Crippen LogP) is 3.83. The van der Waals surface area contributed by atoms with Crippen LogP contribution >= 0.6 is 27.3 Å². The van der Waals surface area contributed by atoms with E-state index in [9.17, 15) is 5.11 Å². The number of halogens is 1. The summed E-state index contributed by atoms with van der Waals surface area (Å²) in [6, 6.07) is 7.70. The Morgan fingerprint density at radius 3 is 2.94 bits per heavy atom. The van der Waals surface area contributed by atoms with Crippen LogP contribution in [0.5, 0.6) is 5.75 Å². The van der Waals surface area contributed by atoms with Gasteiger partial charge in [-0.15, -0.1) is 11.3 Å². The molecule has 0 spiro atoms. The number of nitrogens with zero attached hydrogens (tertiary/aromatic N) is 2. The molecule has 1 aromatic carbocycles. The van der Waals surface area contributed by atoms with E-state index in [4.69, 9.17) is 0 Å². The second-order valence-electron chi connectivity index (χ2n) is 3.52. The lowest BCUT2D eigenvalue weighted by Crippen LogP contribution is -1.78. The predicted molar refractivity (Wildman–Crippen MR) is 72.2 cm³/mol. The Balaban J connectivity index is 2.22. The number of fused-ring (bicyclic) bond motifs is 1. The fraction of sp³-hybridized carbons (Fsp3) is 0. The minimum Gasteiger partial charge on any atom is -0.506 e. The molecular formula is C12H7BrN2OS. The van der Waals surface area contributed by atoms with Gasteiger partial charge in [0.05, 0.1) is 22.0 Å². The third-order valence-corrected chi connectivity index (χ3v) is 3.93. The minimum atomic E-state index is 0.158. The molecule has 3 nitrogen and oxygen atoms in total. The van der Waals surface area contributed by atoms with E-state index in [-0.39, 0.29) is 5.75 Å². The summed E-state index contributed by atoms with van der Waals surface area (Å²) < 4.78 is 2.12. The molecule has 0 fully saturated rings. The van der Waals surface area contributed by atoms with Crippen LogP contribution in [0.25, 0.3) is 20.8 Å². The van der Waals surface area contributed by atoms with E-state index in [1.54, 1.807) is 23.6 Å². The van der Waals surface area contributed by atoms with Crippen LogP contribution in [-0.2, 0) is 0 Å². The lowest BCUT2D eigenvalue weighted by atomic mass is 10.2. The van der Waals surface area contributed by atoms with Crippen molar-refractivity contribution >= 4 is 37.5 Å². The van der Waals surface area contributed by atoms with Gasteiger partial charge < -0.3 is 5.11 Å². The van der Waals surface area contributed by atoms with Gasteiger partial charge in [-0.3, -0.25) is 4.98 Å². The quantitative estimate of drug-likeness (QED) is 0.743. The summed E-state index contributed by atoms with van der Waals surface area (Å²) in [6.45, 7) is 0. The van der Waals surface area contributed by atoms with Gasteiger partial charge in [-0.1, -0.05) is 15.9 Å². The Labute approximate surface area is 110 Å². The highest BCUT2D eigenvalue weighted by Crippen LogP contribution is 2.35. The van der Waals surface area contributed by atoms with Gasteiger partial charge in [-0.05, 0) is 24.3 Å². The largest absolute Gasteiger partial charge is 0.506 e. The number of hydrogen-bond donors (Lipinski definition) is 1. The van der Waals surface area contributed by atoms with Gasteiger partial charge in [0.15, 0.2) is 0 Å². The molecule has 0 radical (unpaired) electrons. The Morgan fingerprint density at radius 2 is 2.12 bits per heavy atom. The SMILES string of the molecule is Oc1cnccc1-c1nc2ccc(Br)cc2s1. The Kier molecular flexibility index (Phi) is 2.57. The van der Waals surface area contributed by atoms with Crippen LogP contribution in [0.4, 0.5) is 0 Å². The van der Waals surface area contributed by atoms with Gasteiger partial charge in [0, 0.05) is 10.7 Å². The van der Waals surface area contributed by atoms with Crippen LogP contribution in [-0.4, -0.2) is 15.1 Å². The van der Waals surface area contributed by atoms with Crippen molar-refractivity contribution in [1.29, 1.82) is 0 Å². The van der Waals surface area contributed by atoms with E-state index < -0.39 is 0 Å². The highest BCUT2D eigenvalue weighted by Gasteiger charge is 2.09. The Bertz CT molecular complexity index is 696. The molecule has 0 aliphatic rings. The van der Waals surface area contributed by atoms with Gasteiger partial charge in [0.2, 0.25) is 0 Å². The van der Waals surface area contributed by atoms with Crippen molar-refractivity contribution in [3.05, 3.63) is 41.1 Å². The van der Waals surface area contributed by atoms with Crippen LogP contribution in [0.3, 0.4) is 0 Å². The molecule has 3 rings (SSSR count). The van der Waals surface area contributed by atoms with Crippen molar-refractivity contribution < 1.29 is 5.11 Å². The van der Waals surface area contributed by atoms with Gasteiger partial charge >= 0.3 is 0 Å². The maximum absolute atomic E-state index is 9.74. The fourth-order valence-corrected chi connectivity index (χ4v) is 3.13. The molecule has 0 atom stereocenters. The number of rotatable bonds is 1. The van der Waals surface area contributed by atoms with Crippen molar-refractivity contribution in [2.24, 2.45) is 0 Å². The van der Waals surface area contributed by atoms with E-state index in [0.717, 1.165) is 25.3 Å². The number of pyridine rings is 1. The molecule has 5 heteroatoms. The van der Waals surface area contributed by atoms with Crippen molar-refractivity contribution in [2.45, 2.75) is 0 Å². The summed E-state index contributed by atoms with van der Waals surface area (Å²) in [4.78, 5) is 8.35. The van der Waals surface area contributed by atoms with Gasteiger partial charge in [-0.25, -0.2) is 4.98 Å². The smallest absolute Gasteiger partial charge is 0.144 e.